The predicted molar refractivity (Wildman–Crippen MR) is 56.6 cm³/mol. The third-order valence-corrected chi connectivity index (χ3v) is 2.26. The summed E-state index contributed by atoms with van der Waals surface area (Å²) in [6, 6.07) is 0. The maximum absolute atomic E-state index is 3.85. The molecule has 0 fully saturated rings. The van der Waals surface area contributed by atoms with E-state index < -0.39 is 0 Å². The standard InChI is InChI=1S/C9H18N6/c1-2-4-6-8-10-12-14-15-13-11-9-7-5-3-1/h1-9H2. The highest BCUT2D eigenvalue weighted by atomic mass is 15.6. The molecule has 0 unspecified atom stereocenters. The molecule has 6 nitrogen and oxygen atoms in total. The summed E-state index contributed by atoms with van der Waals surface area (Å²) in [4.78, 5) is 0. The topological polar surface area (TPSA) is 74.2 Å². The Labute approximate surface area is 89.9 Å². The molecule has 0 saturated carbocycles. The van der Waals surface area contributed by atoms with E-state index in [1.54, 1.807) is 0 Å². The Morgan fingerprint density at radius 3 is 1.27 bits per heavy atom. The third kappa shape index (κ3) is 7.84. The summed E-state index contributed by atoms with van der Waals surface area (Å²) < 4.78 is 0. The fourth-order valence-corrected chi connectivity index (χ4v) is 1.43. The molecule has 0 aromatic carbocycles. The predicted octanol–water partition coefficient (Wildman–Crippen LogP) is 3.92. The van der Waals surface area contributed by atoms with Gasteiger partial charge in [0.15, 0.2) is 0 Å². The molecule has 1 aliphatic heterocycles. The lowest BCUT2D eigenvalue weighted by atomic mass is 10.1. The normalized spacial score (nSPS) is 20.8. The lowest BCUT2D eigenvalue weighted by molar-refractivity contribution is 0.580. The zero-order valence-corrected chi connectivity index (χ0v) is 9.05. The first-order valence-corrected chi connectivity index (χ1v) is 5.63. The average Bonchev–Trinajstić information content (AvgIpc) is 2.27. The van der Waals surface area contributed by atoms with E-state index in [0.717, 1.165) is 25.9 Å². The second-order valence-corrected chi connectivity index (χ2v) is 3.56. The molecule has 1 rings (SSSR count). The van der Waals surface area contributed by atoms with Crippen molar-refractivity contribution in [2.75, 3.05) is 13.1 Å². The second kappa shape index (κ2) is 9.36. The molecule has 6 heteroatoms. The Balaban J connectivity index is 2.25. The van der Waals surface area contributed by atoms with Gasteiger partial charge in [0.25, 0.3) is 0 Å². The molecule has 0 aliphatic carbocycles. The number of hydrogen-bond acceptors (Lipinski definition) is 6. The lowest BCUT2D eigenvalue weighted by Gasteiger charge is -1.98. The summed E-state index contributed by atoms with van der Waals surface area (Å²) >= 11 is 0. The number of hydrogen-bond donors (Lipinski definition) is 0. The van der Waals surface area contributed by atoms with Gasteiger partial charge in [0.2, 0.25) is 0 Å². The van der Waals surface area contributed by atoms with Crippen molar-refractivity contribution in [3.05, 3.63) is 0 Å². The van der Waals surface area contributed by atoms with Crippen LogP contribution in [0.2, 0.25) is 0 Å². The molecule has 0 radical (unpaired) electrons. The molecule has 0 aromatic rings. The van der Waals surface area contributed by atoms with Crippen molar-refractivity contribution in [3.63, 3.8) is 0 Å². The van der Waals surface area contributed by atoms with Gasteiger partial charge in [-0.05, 0) is 33.7 Å². The minimum Gasteiger partial charge on any atom is -0.167 e. The summed E-state index contributed by atoms with van der Waals surface area (Å²) in [5.74, 6) is 0. The molecule has 1 heterocycles. The minimum atomic E-state index is 0.732. The van der Waals surface area contributed by atoms with Gasteiger partial charge in [-0.1, -0.05) is 32.1 Å². The van der Waals surface area contributed by atoms with Crippen LogP contribution in [0.3, 0.4) is 0 Å². The molecule has 0 aromatic heterocycles. The monoisotopic (exact) mass is 210 g/mol. The Morgan fingerprint density at radius 1 is 0.400 bits per heavy atom. The third-order valence-electron chi connectivity index (χ3n) is 2.26. The SMILES string of the molecule is C1CCCCN=NN=NN=NCCCC1. The highest BCUT2D eigenvalue weighted by Gasteiger charge is 1.92. The van der Waals surface area contributed by atoms with Crippen LogP contribution in [-0.4, -0.2) is 13.1 Å². The van der Waals surface area contributed by atoms with Crippen LogP contribution in [0, 0.1) is 0 Å². The van der Waals surface area contributed by atoms with Crippen LogP contribution in [-0.2, 0) is 0 Å². The van der Waals surface area contributed by atoms with E-state index in [4.69, 9.17) is 0 Å². The second-order valence-electron chi connectivity index (χ2n) is 3.56. The largest absolute Gasteiger partial charge is 0.167 e. The van der Waals surface area contributed by atoms with Crippen molar-refractivity contribution in [2.24, 2.45) is 31.1 Å². The van der Waals surface area contributed by atoms with Crippen molar-refractivity contribution in [1.82, 2.24) is 0 Å². The van der Waals surface area contributed by atoms with Gasteiger partial charge < -0.3 is 0 Å². The van der Waals surface area contributed by atoms with Gasteiger partial charge in [0.1, 0.15) is 0 Å². The summed E-state index contributed by atoms with van der Waals surface area (Å²) in [6.45, 7) is 1.46. The maximum atomic E-state index is 3.85. The van der Waals surface area contributed by atoms with Gasteiger partial charge >= 0.3 is 0 Å². The van der Waals surface area contributed by atoms with Gasteiger partial charge in [-0.25, -0.2) is 0 Å². The first-order valence-electron chi connectivity index (χ1n) is 5.63. The lowest BCUT2D eigenvalue weighted by Crippen LogP contribution is -1.84. The zero-order chi connectivity index (χ0) is 10.6. The van der Waals surface area contributed by atoms with Crippen molar-refractivity contribution >= 4 is 0 Å². The summed E-state index contributed by atoms with van der Waals surface area (Å²) in [6.07, 6.45) is 8.51. The minimum absolute atomic E-state index is 0.732. The van der Waals surface area contributed by atoms with Crippen molar-refractivity contribution in [1.29, 1.82) is 0 Å². The Morgan fingerprint density at radius 2 is 0.800 bits per heavy atom. The quantitative estimate of drug-likeness (QED) is 0.581. The van der Waals surface area contributed by atoms with Gasteiger partial charge in [0.05, 0.1) is 13.1 Å². The molecule has 0 N–H and O–H groups in total. The van der Waals surface area contributed by atoms with Crippen molar-refractivity contribution in [3.8, 4) is 0 Å². The molecule has 1 aliphatic rings. The Kier molecular flexibility index (Phi) is 7.41. The Bertz CT molecular complexity index is 201. The first kappa shape index (κ1) is 11.9. The van der Waals surface area contributed by atoms with Crippen molar-refractivity contribution < 1.29 is 0 Å². The van der Waals surface area contributed by atoms with E-state index in [-0.39, 0.29) is 0 Å². The Hall–Kier alpha value is -1.20. The van der Waals surface area contributed by atoms with Gasteiger partial charge in [-0.15, -0.1) is 0 Å². The smallest absolute Gasteiger partial charge is 0.0621 e. The number of nitrogens with zero attached hydrogens (tertiary/aromatic N) is 6. The van der Waals surface area contributed by atoms with Crippen molar-refractivity contribution in [2.45, 2.75) is 44.9 Å². The van der Waals surface area contributed by atoms with Crippen LogP contribution < -0.4 is 0 Å². The van der Waals surface area contributed by atoms with E-state index in [1.807, 2.05) is 0 Å². The van der Waals surface area contributed by atoms with Crippen LogP contribution in [0.25, 0.3) is 0 Å². The van der Waals surface area contributed by atoms with Gasteiger partial charge in [-0.2, -0.15) is 10.2 Å². The highest BCUT2D eigenvalue weighted by molar-refractivity contribution is 4.48. The van der Waals surface area contributed by atoms with E-state index in [2.05, 4.69) is 31.1 Å². The zero-order valence-electron chi connectivity index (χ0n) is 9.05. The van der Waals surface area contributed by atoms with Gasteiger partial charge in [0, 0.05) is 0 Å². The van der Waals surface area contributed by atoms with Crippen LogP contribution in [0.15, 0.2) is 31.1 Å². The first-order chi connectivity index (χ1) is 7.50. The molecule has 84 valence electrons. The summed E-state index contributed by atoms with van der Waals surface area (Å²) in [7, 11) is 0. The van der Waals surface area contributed by atoms with Crippen LogP contribution >= 0.6 is 0 Å². The van der Waals surface area contributed by atoms with E-state index in [9.17, 15) is 0 Å². The molecule has 0 atom stereocenters. The molecule has 15 heavy (non-hydrogen) atoms. The van der Waals surface area contributed by atoms with Crippen LogP contribution in [0.5, 0.6) is 0 Å². The fourth-order valence-electron chi connectivity index (χ4n) is 1.43. The summed E-state index contributed by atoms with van der Waals surface area (Å²) in [5.41, 5.74) is 0. The number of rotatable bonds is 0. The van der Waals surface area contributed by atoms with E-state index in [1.165, 1.54) is 32.1 Å². The molecular weight excluding hydrogens is 192 g/mol. The molecule has 0 spiro atoms. The maximum Gasteiger partial charge on any atom is 0.0621 e. The van der Waals surface area contributed by atoms with Gasteiger partial charge in [-0.3, -0.25) is 0 Å². The fraction of sp³-hybridized carbons (Fsp3) is 1.00. The van der Waals surface area contributed by atoms with E-state index in [0.29, 0.717) is 0 Å². The van der Waals surface area contributed by atoms with Crippen LogP contribution in [0.4, 0.5) is 0 Å². The average molecular weight is 210 g/mol. The molecule has 0 saturated heterocycles. The molecular formula is C9H18N6. The summed E-state index contributed by atoms with van der Waals surface area (Å²) in [5, 5.41) is 21.5. The molecule has 0 amide bonds. The highest BCUT2D eigenvalue weighted by Crippen LogP contribution is 2.07. The molecule has 0 bridgehead atoms. The van der Waals surface area contributed by atoms with E-state index >= 15 is 0 Å². The van der Waals surface area contributed by atoms with Crippen LogP contribution in [0.1, 0.15) is 44.9 Å².